The van der Waals surface area contributed by atoms with Crippen LogP contribution in [0.5, 0.6) is 5.75 Å². The van der Waals surface area contributed by atoms with E-state index in [9.17, 15) is 18.0 Å². The summed E-state index contributed by atoms with van der Waals surface area (Å²) in [7, 11) is -1.87. The molecule has 1 heterocycles. The van der Waals surface area contributed by atoms with Gasteiger partial charge in [0.1, 0.15) is 11.8 Å². The van der Waals surface area contributed by atoms with Crippen molar-refractivity contribution in [1.82, 2.24) is 14.5 Å². The first kappa shape index (κ1) is 28.7. The maximum absolute atomic E-state index is 13.3. The van der Waals surface area contributed by atoms with Crippen LogP contribution in [0.25, 0.3) is 0 Å². The van der Waals surface area contributed by atoms with Gasteiger partial charge in [0.2, 0.25) is 21.8 Å². The summed E-state index contributed by atoms with van der Waals surface area (Å²) in [4.78, 5) is 28.0. The van der Waals surface area contributed by atoms with Crippen molar-refractivity contribution < 1.29 is 22.7 Å². The number of nitrogens with zero attached hydrogens (tertiary/aromatic N) is 2. The summed E-state index contributed by atoms with van der Waals surface area (Å²) < 4.78 is 32.3. The summed E-state index contributed by atoms with van der Waals surface area (Å²) in [6.45, 7) is 7.75. The van der Waals surface area contributed by atoms with Gasteiger partial charge in [-0.15, -0.1) is 0 Å². The lowest BCUT2D eigenvalue weighted by Crippen LogP contribution is -2.48. The van der Waals surface area contributed by atoms with Gasteiger partial charge >= 0.3 is 0 Å². The molecule has 1 atom stereocenters. The molecule has 37 heavy (non-hydrogen) atoms. The van der Waals surface area contributed by atoms with Gasteiger partial charge in [-0.1, -0.05) is 38.1 Å². The first-order valence-corrected chi connectivity index (χ1v) is 14.3. The van der Waals surface area contributed by atoms with Crippen LogP contribution < -0.4 is 10.1 Å². The van der Waals surface area contributed by atoms with E-state index >= 15 is 0 Å². The number of amides is 2. The van der Waals surface area contributed by atoms with Crippen LogP contribution in [0.2, 0.25) is 0 Å². The van der Waals surface area contributed by atoms with Crippen molar-refractivity contribution in [2.24, 2.45) is 5.92 Å². The summed E-state index contributed by atoms with van der Waals surface area (Å²) in [6.07, 6.45) is 2.43. The molecule has 0 aliphatic carbocycles. The molecule has 1 aliphatic rings. The van der Waals surface area contributed by atoms with Gasteiger partial charge in [-0.05, 0) is 67.5 Å². The number of methoxy groups -OCH3 is 1. The van der Waals surface area contributed by atoms with Crippen molar-refractivity contribution in [3.8, 4) is 5.75 Å². The maximum atomic E-state index is 13.3. The average molecular weight is 530 g/mol. The van der Waals surface area contributed by atoms with Crippen molar-refractivity contribution in [3.63, 3.8) is 0 Å². The fourth-order valence-corrected chi connectivity index (χ4v) is 5.78. The Kier molecular flexibility index (Phi) is 10.1. The zero-order chi connectivity index (χ0) is 27.0. The Balaban J connectivity index is 1.69. The number of carbonyl (C=O) groups excluding carboxylic acids is 2. The molecule has 202 valence electrons. The van der Waals surface area contributed by atoms with E-state index in [1.807, 2.05) is 38.1 Å². The second-order valence-electron chi connectivity index (χ2n) is 9.94. The normalized spacial score (nSPS) is 14.9. The van der Waals surface area contributed by atoms with Gasteiger partial charge in [0.15, 0.2) is 0 Å². The van der Waals surface area contributed by atoms with Crippen molar-refractivity contribution in [2.45, 2.75) is 63.9 Å². The largest absolute Gasteiger partial charge is 0.497 e. The monoisotopic (exact) mass is 529 g/mol. The fraction of sp³-hybridized carbons (Fsp3) is 0.500. The van der Waals surface area contributed by atoms with Crippen LogP contribution in [0.1, 0.15) is 51.2 Å². The average Bonchev–Trinajstić information content (AvgIpc) is 3.45. The van der Waals surface area contributed by atoms with Crippen LogP contribution in [0.4, 0.5) is 0 Å². The highest BCUT2D eigenvalue weighted by Crippen LogP contribution is 2.22. The summed E-state index contributed by atoms with van der Waals surface area (Å²) in [5.41, 5.74) is 1.77. The van der Waals surface area contributed by atoms with Crippen LogP contribution in [0, 0.1) is 5.92 Å². The lowest BCUT2D eigenvalue weighted by molar-refractivity contribution is -0.140. The molecular weight excluding hydrogens is 490 g/mol. The number of hydrogen-bond acceptors (Lipinski definition) is 5. The van der Waals surface area contributed by atoms with Crippen LogP contribution in [0.15, 0.2) is 53.4 Å². The van der Waals surface area contributed by atoms with Gasteiger partial charge in [0.05, 0.1) is 12.0 Å². The molecule has 0 radical (unpaired) electrons. The van der Waals surface area contributed by atoms with Crippen molar-refractivity contribution in [1.29, 1.82) is 0 Å². The van der Waals surface area contributed by atoms with Crippen LogP contribution in [-0.2, 0) is 32.6 Å². The Morgan fingerprint density at radius 3 is 2.14 bits per heavy atom. The van der Waals surface area contributed by atoms with Gasteiger partial charge in [-0.25, -0.2) is 8.42 Å². The smallest absolute Gasteiger partial charge is 0.243 e. The molecule has 1 saturated heterocycles. The second kappa shape index (κ2) is 13.1. The zero-order valence-corrected chi connectivity index (χ0v) is 23.1. The number of hydrogen-bond donors (Lipinski definition) is 1. The Labute approximate surface area is 221 Å². The number of ether oxygens (including phenoxy) is 1. The summed E-state index contributed by atoms with van der Waals surface area (Å²) in [6, 6.07) is 13.6. The minimum atomic E-state index is -3.47. The maximum Gasteiger partial charge on any atom is 0.243 e. The highest BCUT2D eigenvalue weighted by Gasteiger charge is 2.28. The number of benzene rings is 2. The molecule has 0 saturated carbocycles. The molecule has 1 unspecified atom stereocenters. The van der Waals surface area contributed by atoms with Crippen LogP contribution in [0.3, 0.4) is 0 Å². The third-order valence-corrected chi connectivity index (χ3v) is 8.53. The molecule has 1 aliphatic heterocycles. The molecule has 1 fully saturated rings. The van der Waals surface area contributed by atoms with E-state index < -0.39 is 16.1 Å². The molecule has 0 spiro atoms. The first-order chi connectivity index (χ1) is 17.6. The SMILES string of the molecule is COc1ccc(CN(C(=O)CCc2ccc(S(=O)(=O)N3CCCC3)cc2)C(C)C(=O)NCC(C)C)cc1. The third kappa shape index (κ3) is 7.79. The predicted molar refractivity (Wildman–Crippen MR) is 144 cm³/mol. The highest BCUT2D eigenvalue weighted by molar-refractivity contribution is 7.89. The quantitative estimate of drug-likeness (QED) is 0.453. The van der Waals surface area contributed by atoms with Crippen molar-refractivity contribution in [3.05, 3.63) is 59.7 Å². The minimum Gasteiger partial charge on any atom is -0.497 e. The summed E-state index contributed by atoms with van der Waals surface area (Å²) in [5.74, 6) is 0.697. The molecule has 2 amide bonds. The van der Waals surface area contributed by atoms with Crippen LogP contribution in [-0.4, -0.2) is 62.2 Å². The number of carbonyl (C=O) groups is 2. The lowest BCUT2D eigenvalue weighted by atomic mass is 10.1. The standard InChI is InChI=1S/C28H39N3O5S/c1-21(2)19-29-28(33)22(3)31(20-24-7-12-25(36-4)13-8-24)27(32)16-11-23-9-14-26(15-10-23)37(34,35)30-17-5-6-18-30/h7-10,12-15,21-22H,5-6,11,16-20H2,1-4H3,(H,29,33). The Hall–Kier alpha value is -2.91. The summed E-state index contributed by atoms with van der Waals surface area (Å²) in [5, 5.41) is 2.92. The number of nitrogens with one attached hydrogen (secondary N) is 1. The fourth-order valence-electron chi connectivity index (χ4n) is 4.26. The van der Waals surface area contributed by atoms with Gasteiger partial charge in [-0.2, -0.15) is 4.31 Å². The minimum absolute atomic E-state index is 0.142. The molecule has 0 bridgehead atoms. The van der Waals surface area contributed by atoms with E-state index in [1.165, 1.54) is 4.31 Å². The van der Waals surface area contributed by atoms with Gasteiger partial charge in [-0.3, -0.25) is 9.59 Å². The van der Waals surface area contributed by atoms with Gasteiger partial charge in [0.25, 0.3) is 0 Å². The van der Waals surface area contributed by atoms with E-state index in [-0.39, 0.29) is 23.1 Å². The molecule has 1 N–H and O–H groups in total. The molecular formula is C28H39N3O5S. The van der Waals surface area contributed by atoms with Crippen LogP contribution >= 0.6 is 0 Å². The zero-order valence-electron chi connectivity index (χ0n) is 22.3. The molecule has 2 aromatic rings. The highest BCUT2D eigenvalue weighted by atomic mass is 32.2. The lowest BCUT2D eigenvalue weighted by Gasteiger charge is -2.29. The molecule has 9 heteroatoms. The number of rotatable bonds is 12. The topological polar surface area (TPSA) is 96.0 Å². The molecule has 0 aromatic heterocycles. The predicted octanol–water partition coefficient (Wildman–Crippen LogP) is 3.60. The molecule has 8 nitrogen and oxygen atoms in total. The van der Waals surface area contributed by atoms with E-state index in [2.05, 4.69) is 5.32 Å². The van der Waals surface area contributed by atoms with Crippen molar-refractivity contribution in [2.75, 3.05) is 26.7 Å². The van der Waals surface area contributed by atoms with E-state index in [1.54, 1.807) is 43.2 Å². The Morgan fingerprint density at radius 2 is 1.57 bits per heavy atom. The van der Waals surface area contributed by atoms with Gasteiger partial charge in [0, 0.05) is 32.6 Å². The summed E-state index contributed by atoms with van der Waals surface area (Å²) >= 11 is 0. The first-order valence-electron chi connectivity index (χ1n) is 12.9. The molecule has 3 rings (SSSR count). The van der Waals surface area contributed by atoms with Crippen molar-refractivity contribution >= 4 is 21.8 Å². The third-order valence-electron chi connectivity index (χ3n) is 6.62. The molecule has 2 aromatic carbocycles. The Bertz CT molecular complexity index is 1140. The van der Waals surface area contributed by atoms with E-state index in [4.69, 9.17) is 4.74 Å². The van der Waals surface area contributed by atoms with E-state index in [0.717, 1.165) is 29.7 Å². The van der Waals surface area contributed by atoms with E-state index in [0.29, 0.717) is 38.5 Å². The number of sulfonamides is 1. The Morgan fingerprint density at radius 1 is 0.973 bits per heavy atom. The second-order valence-corrected chi connectivity index (χ2v) is 11.9. The number of aryl methyl sites for hydroxylation is 1. The van der Waals surface area contributed by atoms with Gasteiger partial charge < -0.3 is 15.0 Å².